The zero-order valence-electron chi connectivity index (χ0n) is 34.2. The summed E-state index contributed by atoms with van der Waals surface area (Å²) in [5, 5.41) is 9.54. The van der Waals surface area contributed by atoms with Crippen molar-refractivity contribution in [2.45, 2.75) is 219 Å². The molecular formula is C45H85NO5. The summed E-state index contributed by atoms with van der Waals surface area (Å²) in [7, 11) is 0. The molecule has 0 aliphatic rings. The molecule has 300 valence electrons. The average Bonchev–Trinajstić information content (AvgIpc) is 3.12. The van der Waals surface area contributed by atoms with Gasteiger partial charge in [0.15, 0.2) is 0 Å². The lowest BCUT2D eigenvalue weighted by atomic mass is 10.1. The van der Waals surface area contributed by atoms with E-state index in [0.717, 1.165) is 116 Å². The van der Waals surface area contributed by atoms with E-state index in [4.69, 9.17) is 9.47 Å². The molecule has 0 aromatic rings. The zero-order valence-corrected chi connectivity index (χ0v) is 34.2. The molecule has 0 saturated heterocycles. The van der Waals surface area contributed by atoms with Gasteiger partial charge >= 0.3 is 11.9 Å². The molecule has 0 saturated carbocycles. The van der Waals surface area contributed by atoms with Crippen LogP contribution in [0.3, 0.4) is 0 Å². The number of aliphatic hydroxyl groups excluding tert-OH is 1. The fourth-order valence-electron chi connectivity index (χ4n) is 6.43. The van der Waals surface area contributed by atoms with Crippen molar-refractivity contribution < 1.29 is 24.2 Å². The van der Waals surface area contributed by atoms with Crippen molar-refractivity contribution in [3.63, 3.8) is 0 Å². The van der Waals surface area contributed by atoms with Gasteiger partial charge in [0.1, 0.15) is 6.10 Å². The summed E-state index contributed by atoms with van der Waals surface area (Å²) in [5.74, 6) is -0.0591. The van der Waals surface area contributed by atoms with Gasteiger partial charge in [-0.2, -0.15) is 0 Å². The second kappa shape index (κ2) is 41.1. The molecule has 0 amide bonds. The van der Waals surface area contributed by atoms with Crippen LogP contribution in [0.15, 0.2) is 24.3 Å². The molecule has 0 aromatic carbocycles. The molecule has 0 heterocycles. The standard InChI is InChI=1S/C45H85NO5/c1-4-7-10-13-18-26-33-42-50-44(48)36-29-22-16-17-24-31-38-46(40-41-47)39-32-25-19-23-30-37-45(49)51-43(34-27-20-14-11-8-5-2)35-28-21-15-12-9-6-3/h14-15,20-21,43,47H,4-13,16-19,22-42H2,1-3H3/b20-14-,21-15-. The van der Waals surface area contributed by atoms with Crippen molar-refractivity contribution in [3.8, 4) is 0 Å². The van der Waals surface area contributed by atoms with Crippen LogP contribution >= 0.6 is 0 Å². The summed E-state index contributed by atoms with van der Waals surface area (Å²) in [6, 6.07) is 0. The van der Waals surface area contributed by atoms with E-state index in [1.807, 2.05) is 0 Å². The number of ether oxygens (including phenoxy) is 2. The fraction of sp³-hybridized carbons (Fsp3) is 0.867. The summed E-state index contributed by atoms with van der Waals surface area (Å²) in [5.41, 5.74) is 0. The number of aliphatic hydroxyl groups is 1. The second-order valence-electron chi connectivity index (χ2n) is 14.8. The Kier molecular flexibility index (Phi) is 39.8. The molecule has 51 heavy (non-hydrogen) atoms. The van der Waals surface area contributed by atoms with Crippen molar-refractivity contribution in [2.75, 3.05) is 32.8 Å². The number of carbonyl (C=O) groups is 2. The highest BCUT2D eigenvalue weighted by atomic mass is 16.5. The second-order valence-corrected chi connectivity index (χ2v) is 14.8. The molecule has 0 bridgehead atoms. The lowest BCUT2D eigenvalue weighted by Crippen LogP contribution is -2.29. The first kappa shape index (κ1) is 49.3. The van der Waals surface area contributed by atoms with Crippen molar-refractivity contribution in [3.05, 3.63) is 24.3 Å². The van der Waals surface area contributed by atoms with E-state index in [1.165, 1.54) is 83.5 Å². The van der Waals surface area contributed by atoms with Gasteiger partial charge in [0.05, 0.1) is 13.2 Å². The number of unbranched alkanes of at least 4 members (excludes halogenated alkanes) is 19. The molecule has 6 heteroatoms. The summed E-state index contributed by atoms with van der Waals surface area (Å²) in [6.07, 6.45) is 42.0. The lowest BCUT2D eigenvalue weighted by molar-refractivity contribution is -0.150. The average molecular weight is 720 g/mol. The third-order valence-corrected chi connectivity index (χ3v) is 9.78. The van der Waals surface area contributed by atoms with Gasteiger partial charge in [-0.1, -0.05) is 154 Å². The quantitative estimate of drug-likeness (QED) is 0.0386. The van der Waals surface area contributed by atoms with E-state index >= 15 is 0 Å². The van der Waals surface area contributed by atoms with Gasteiger partial charge in [0.2, 0.25) is 0 Å². The predicted octanol–water partition coefficient (Wildman–Crippen LogP) is 12.6. The summed E-state index contributed by atoms with van der Waals surface area (Å²) in [6.45, 7) is 10.3. The number of esters is 2. The number of nitrogens with zero attached hydrogens (tertiary/aromatic N) is 1. The smallest absolute Gasteiger partial charge is 0.306 e. The third-order valence-electron chi connectivity index (χ3n) is 9.78. The number of hydrogen-bond donors (Lipinski definition) is 1. The molecule has 6 nitrogen and oxygen atoms in total. The first-order valence-electron chi connectivity index (χ1n) is 22.1. The van der Waals surface area contributed by atoms with Gasteiger partial charge in [-0.3, -0.25) is 9.59 Å². The lowest BCUT2D eigenvalue weighted by Gasteiger charge is -2.21. The van der Waals surface area contributed by atoms with Crippen molar-refractivity contribution in [1.29, 1.82) is 0 Å². The van der Waals surface area contributed by atoms with Crippen LogP contribution in [-0.2, 0) is 19.1 Å². The van der Waals surface area contributed by atoms with Crippen molar-refractivity contribution in [2.24, 2.45) is 0 Å². The van der Waals surface area contributed by atoms with Crippen LogP contribution in [0.2, 0.25) is 0 Å². The largest absolute Gasteiger partial charge is 0.466 e. The van der Waals surface area contributed by atoms with Gasteiger partial charge in [0.25, 0.3) is 0 Å². The Morgan fingerprint density at radius 1 is 0.510 bits per heavy atom. The highest BCUT2D eigenvalue weighted by molar-refractivity contribution is 5.69. The van der Waals surface area contributed by atoms with E-state index in [0.29, 0.717) is 19.4 Å². The number of allylic oxidation sites excluding steroid dienone is 4. The maximum atomic E-state index is 12.7. The number of rotatable bonds is 40. The van der Waals surface area contributed by atoms with Crippen LogP contribution < -0.4 is 0 Å². The monoisotopic (exact) mass is 720 g/mol. The van der Waals surface area contributed by atoms with Crippen LogP contribution in [0.1, 0.15) is 213 Å². The highest BCUT2D eigenvalue weighted by Crippen LogP contribution is 2.15. The molecule has 0 unspecified atom stereocenters. The van der Waals surface area contributed by atoms with Gasteiger partial charge in [0, 0.05) is 19.4 Å². The molecule has 0 aromatic heterocycles. The molecule has 0 aliphatic heterocycles. The van der Waals surface area contributed by atoms with Crippen LogP contribution in [0, 0.1) is 0 Å². The van der Waals surface area contributed by atoms with E-state index in [1.54, 1.807) is 0 Å². The zero-order chi connectivity index (χ0) is 37.3. The van der Waals surface area contributed by atoms with E-state index in [9.17, 15) is 14.7 Å². The first-order chi connectivity index (χ1) is 25.1. The Labute approximate surface area is 317 Å². The molecule has 0 fully saturated rings. The Hall–Kier alpha value is -1.66. The van der Waals surface area contributed by atoms with Crippen LogP contribution in [0.25, 0.3) is 0 Å². The van der Waals surface area contributed by atoms with Gasteiger partial charge < -0.3 is 19.5 Å². The molecule has 1 N–H and O–H groups in total. The summed E-state index contributed by atoms with van der Waals surface area (Å²) < 4.78 is 11.4. The topological polar surface area (TPSA) is 76.1 Å². The predicted molar refractivity (Wildman–Crippen MR) is 218 cm³/mol. The molecule has 0 aliphatic carbocycles. The summed E-state index contributed by atoms with van der Waals surface area (Å²) >= 11 is 0. The van der Waals surface area contributed by atoms with Crippen molar-refractivity contribution in [1.82, 2.24) is 4.90 Å². The minimum atomic E-state index is -0.0318. The highest BCUT2D eigenvalue weighted by Gasteiger charge is 2.13. The maximum Gasteiger partial charge on any atom is 0.306 e. The maximum absolute atomic E-state index is 12.7. The van der Waals surface area contributed by atoms with Crippen LogP contribution in [0.4, 0.5) is 0 Å². The number of hydrogen-bond acceptors (Lipinski definition) is 6. The minimum absolute atomic E-state index is 0.0154. The Morgan fingerprint density at radius 2 is 0.941 bits per heavy atom. The SMILES string of the molecule is CCCC/C=C\CCC(CC/C=C\CCCC)OC(=O)CCCCCCCN(CCO)CCCCCCCCC(=O)OCCCCCCCCC. The fourth-order valence-corrected chi connectivity index (χ4v) is 6.43. The molecule has 0 atom stereocenters. The molecule has 0 spiro atoms. The van der Waals surface area contributed by atoms with Crippen LogP contribution in [0.5, 0.6) is 0 Å². The van der Waals surface area contributed by atoms with E-state index in [-0.39, 0.29) is 24.6 Å². The summed E-state index contributed by atoms with van der Waals surface area (Å²) in [4.78, 5) is 27.0. The van der Waals surface area contributed by atoms with E-state index in [2.05, 4.69) is 50.0 Å². The van der Waals surface area contributed by atoms with E-state index < -0.39 is 0 Å². The molecule has 0 radical (unpaired) electrons. The van der Waals surface area contributed by atoms with Gasteiger partial charge in [-0.15, -0.1) is 0 Å². The number of carbonyl (C=O) groups excluding carboxylic acids is 2. The Balaban J connectivity index is 3.96. The van der Waals surface area contributed by atoms with Gasteiger partial charge in [-0.25, -0.2) is 0 Å². The minimum Gasteiger partial charge on any atom is -0.466 e. The third kappa shape index (κ3) is 37.9. The Morgan fingerprint density at radius 3 is 1.45 bits per heavy atom. The van der Waals surface area contributed by atoms with Gasteiger partial charge in [-0.05, 0) is 83.7 Å². The first-order valence-corrected chi connectivity index (χ1v) is 22.1. The normalized spacial score (nSPS) is 11.9. The van der Waals surface area contributed by atoms with Crippen molar-refractivity contribution >= 4 is 11.9 Å². The Bertz CT molecular complexity index is 775. The van der Waals surface area contributed by atoms with Crippen LogP contribution in [-0.4, -0.2) is 60.9 Å². The molecule has 0 rings (SSSR count). The molecular weight excluding hydrogens is 634 g/mol.